The van der Waals surface area contributed by atoms with Gasteiger partial charge in [0.1, 0.15) is 0 Å². The summed E-state index contributed by atoms with van der Waals surface area (Å²) in [5.74, 6) is 0.762. The van der Waals surface area contributed by atoms with Gasteiger partial charge in [-0.2, -0.15) is 4.98 Å². The molecule has 56 valence electrons. The number of aryl methyl sites for hydroxylation is 1. The van der Waals surface area contributed by atoms with E-state index in [-0.39, 0.29) is 0 Å². The molecule has 2 rings (SSSR count). The maximum Gasteiger partial charge on any atom is 0.348 e. The summed E-state index contributed by atoms with van der Waals surface area (Å²) in [6, 6.07) is 0. The van der Waals surface area contributed by atoms with Crippen molar-refractivity contribution in [3.05, 3.63) is 10.5 Å². The van der Waals surface area contributed by atoms with Gasteiger partial charge in [0.25, 0.3) is 0 Å². The monoisotopic (exact) mass is 152 g/mol. The van der Waals surface area contributed by atoms with Crippen LogP contribution in [0.2, 0.25) is 0 Å². The van der Waals surface area contributed by atoms with Gasteiger partial charge in [-0.3, -0.25) is 4.98 Å². The van der Waals surface area contributed by atoms with Crippen molar-refractivity contribution in [2.45, 2.75) is 0 Å². The summed E-state index contributed by atoms with van der Waals surface area (Å²) in [5.41, 5.74) is -0.432. The molecule has 0 aromatic heterocycles. The normalized spacial score (nSPS) is 10.6. The number of nitrogens with zero attached hydrogens (tertiary/aromatic N) is 5. The van der Waals surface area contributed by atoms with Crippen molar-refractivity contribution < 1.29 is 0 Å². The zero-order valence-electron chi connectivity index (χ0n) is 5.64. The molecule has 1 N–H and O–H groups in total. The summed E-state index contributed by atoms with van der Waals surface area (Å²) < 4.78 is 1.38. The van der Waals surface area contributed by atoms with Gasteiger partial charge in [0.2, 0.25) is 11.6 Å². The van der Waals surface area contributed by atoms with E-state index >= 15 is 0 Å². The Morgan fingerprint density at radius 1 is 1.55 bits per heavy atom. The van der Waals surface area contributed by atoms with Crippen LogP contribution in [0.1, 0.15) is 0 Å². The lowest BCUT2D eigenvalue weighted by molar-refractivity contribution is 0.614. The summed E-state index contributed by atoms with van der Waals surface area (Å²) in [6.07, 6.45) is 0. The third-order valence-electron chi connectivity index (χ3n) is 1.27. The van der Waals surface area contributed by atoms with E-state index in [1.807, 2.05) is 0 Å². The molecule has 0 saturated heterocycles. The standard InChI is InChI=1S/C4H4N6O/c1-10-3-2(7-8-9-10)5-4(11)6-3/h1H3,(H,5,7,9,11). The number of fused-ring (bicyclic) bond motifs is 1. The van der Waals surface area contributed by atoms with Crippen LogP contribution in [0.4, 0.5) is 0 Å². The summed E-state index contributed by atoms with van der Waals surface area (Å²) in [6.45, 7) is 0. The van der Waals surface area contributed by atoms with E-state index in [4.69, 9.17) is 0 Å². The minimum absolute atomic E-state index is 0.354. The molecule has 7 heteroatoms. The van der Waals surface area contributed by atoms with E-state index in [1.165, 1.54) is 4.68 Å². The van der Waals surface area contributed by atoms with E-state index in [0.29, 0.717) is 11.6 Å². The zero-order valence-corrected chi connectivity index (χ0v) is 5.64. The highest BCUT2D eigenvalue weighted by atomic mass is 16.1. The average Bonchev–Trinajstić information content (AvgIpc) is 2.31. The van der Waals surface area contributed by atoms with Gasteiger partial charge >= 0.3 is 5.69 Å². The van der Waals surface area contributed by atoms with E-state index < -0.39 is 5.69 Å². The molecule has 0 amide bonds. The Morgan fingerprint density at radius 2 is 2.36 bits per heavy atom. The van der Waals surface area contributed by atoms with Crippen molar-refractivity contribution in [2.24, 2.45) is 7.05 Å². The number of hydrogen-bond donors (Lipinski definition) is 1. The molecule has 0 spiro atoms. The number of hydrogen-bond acceptors (Lipinski definition) is 5. The van der Waals surface area contributed by atoms with Crippen LogP contribution in [0.15, 0.2) is 4.79 Å². The van der Waals surface area contributed by atoms with E-state index in [2.05, 4.69) is 25.5 Å². The molecule has 0 saturated carbocycles. The van der Waals surface area contributed by atoms with Gasteiger partial charge < -0.3 is 0 Å². The Labute approximate surface area is 60.4 Å². The van der Waals surface area contributed by atoms with Crippen molar-refractivity contribution in [2.75, 3.05) is 0 Å². The predicted octanol–water partition coefficient (Wildman–Crippen LogP) is -1.60. The molecule has 0 fully saturated rings. The summed E-state index contributed by atoms with van der Waals surface area (Å²) in [7, 11) is 1.64. The lowest BCUT2D eigenvalue weighted by atomic mass is 10.6. The zero-order chi connectivity index (χ0) is 7.84. The van der Waals surface area contributed by atoms with Gasteiger partial charge in [0.15, 0.2) is 0 Å². The maximum atomic E-state index is 10.7. The largest absolute Gasteiger partial charge is 0.348 e. The Hall–Kier alpha value is -1.79. The third-order valence-corrected chi connectivity index (χ3v) is 1.27. The highest BCUT2D eigenvalue weighted by molar-refractivity contribution is 5.41. The molecule has 0 unspecified atom stereocenters. The Balaban J connectivity index is 2.89. The molecule has 2 aliphatic heterocycles. The highest BCUT2D eigenvalue weighted by Gasteiger charge is 2.11. The highest BCUT2D eigenvalue weighted by Crippen LogP contribution is 2.04. The smallest absolute Gasteiger partial charge is 0.286 e. The summed E-state index contributed by atoms with van der Waals surface area (Å²) >= 11 is 0. The van der Waals surface area contributed by atoms with Crippen molar-refractivity contribution in [1.82, 2.24) is 30.2 Å². The second-order valence-corrected chi connectivity index (χ2v) is 2.02. The first-order valence-electron chi connectivity index (χ1n) is 2.90. The van der Waals surface area contributed by atoms with Crippen molar-refractivity contribution in [1.29, 1.82) is 0 Å². The van der Waals surface area contributed by atoms with Gasteiger partial charge in [0.05, 0.1) is 0 Å². The first-order valence-corrected chi connectivity index (χ1v) is 2.90. The molecule has 2 aliphatic rings. The molecule has 7 nitrogen and oxygen atoms in total. The number of aromatic nitrogens is 6. The molecule has 0 aromatic carbocycles. The van der Waals surface area contributed by atoms with E-state index in [1.54, 1.807) is 7.05 Å². The van der Waals surface area contributed by atoms with Gasteiger partial charge in [-0.05, 0) is 10.4 Å². The number of aromatic amines is 1. The van der Waals surface area contributed by atoms with Crippen LogP contribution in [0.25, 0.3) is 11.6 Å². The fraction of sp³-hybridized carbons (Fsp3) is 0.250. The molecule has 11 heavy (non-hydrogen) atoms. The first kappa shape index (κ1) is 5.96. The van der Waals surface area contributed by atoms with Crippen LogP contribution in [0, 0.1) is 0 Å². The number of H-pyrrole nitrogens is 1. The second-order valence-electron chi connectivity index (χ2n) is 2.02. The lowest BCUT2D eigenvalue weighted by Crippen LogP contribution is -2.07. The molecule has 0 aromatic rings. The first-order chi connectivity index (χ1) is 5.27. The van der Waals surface area contributed by atoms with Gasteiger partial charge in [-0.25, -0.2) is 9.48 Å². The Kier molecular flexibility index (Phi) is 0.999. The van der Waals surface area contributed by atoms with Crippen LogP contribution in [-0.2, 0) is 7.05 Å². The third kappa shape index (κ3) is 0.775. The summed E-state index contributed by atoms with van der Waals surface area (Å²) in [5, 5.41) is 10.5. The number of rotatable bonds is 0. The van der Waals surface area contributed by atoms with E-state index in [9.17, 15) is 4.79 Å². The molecule has 0 bridgehead atoms. The minimum atomic E-state index is -0.432. The van der Waals surface area contributed by atoms with Crippen molar-refractivity contribution >= 4 is 0 Å². The Morgan fingerprint density at radius 3 is 3.09 bits per heavy atom. The molecule has 2 heterocycles. The number of nitrogens with one attached hydrogen (secondary N) is 1. The molecule has 0 radical (unpaired) electrons. The SMILES string of the molecule is Cn1nnnc2[nH]c(=O)nc1-2. The van der Waals surface area contributed by atoms with Crippen LogP contribution >= 0.6 is 0 Å². The van der Waals surface area contributed by atoms with E-state index in [0.717, 1.165) is 0 Å². The van der Waals surface area contributed by atoms with Gasteiger partial charge in [-0.1, -0.05) is 0 Å². The van der Waals surface area contributed by atoms with Crippen LogP contribution in [0.5, 0.6) is 0 Å². The average molecular weight is 152 g/mol. The molecular formula is C4H4N6O. The quantitative estimate of drug-likeness (QED) is 0.491. The van der Waals surface area contributed by atoms with Gasteiger partial charge in [-0.15, -0.1) is 5.10 Å². The topological polar surface area (TPSA) is 89.4 Å². The Bertz CT molecular complexity index is 402. The molecule has 0 aliphatic carbocycles. The lowest BCUT2D eigenvalue weighted by Gasteiger charge is -1.96. The fourth-order valence-electron chi connectivity index (χ4n) is 0.797. The van der Waals surface area contributed by atoms with Crippen molar-refractivity contribution in [3.63, 3.8) is 0 Å². The maximum absolute atomic E-state index is 10.7. The van der Waals surface area contributed by atoms with Crippen molar-refractivity contribution in [3.8, 4) is 11.6 Å². The summed E-state index contributed by atoms with van der Waals surface area (Å²) in [4.78, 5) is 16.7. The van der Waals surface area contributed by atoms with Crippen LogP contribution in [0.3, 0.4) is 0 Å². The predicted molar refractivity (Wildman–Crippen MR) is 33.8 cm³/mol. The fourth-order valence-corrected chi connectivity index (χ4v) is 0.797. The van der Waals surface area contributed by atoms with Crippen LogP contribution < -0.4 is 5.69 Å². The van der Waals surface area contributed by atoms with Gasteiger partial charge in [0, 0.05) is 7.05 Å². The number of imidazole rings is 1. The molecular weight excluding hydrogens is 148 g/mol. The second kappa shape index (κ2) is 1.84. The van der Waals surface area contributed by atoms with Crippen LogP contribution in [-0.4, -0.2) is 30.2 Å². The molecule has 0 atom stereocenters. The minimum Gasteiger partial charge on any atom is -0.286 e.